The van der Waals surface area contributed by atoms with Crippen LogP contribution in [0.4, 0.5) is 0 Å². The zero-order valence-corrected chi connectivity index (χ0v) is 15.4. The predicted molar refractivity (Wildman–Crippen MR) is 101 cm³/mol. The molecule has 27 heavy (non-hydrogen) atoms. The van der Waals surface area contributed by atoms with Crippen LogP contribution in [0.25, 0.3) is 11.0 Å². The Kier molecular flexibility index (Phi) is 4.72. The third-order valence-corrected chi connectivity index (χ3v) is 6.02. The number of para-hydroxylation sites is 1. The third-order valence-electron chi connectivity index (χ3n) is 6.02. The molecule has 2 N–H and O–H groups in total. The lowest BCUT2D eigenvalue weighted by Gasteiger charge is -2.43. The number of hydrogen-bond donors (Lipinski definition) is 2. The number of carbonyl (C=O) groups excluding carboxylic acids is 2. The number of fused-ring (bicyclic) bond motifs is 2. The summed E-state index contributed by atoms with van der Waals surface area (Å²) in [7, 11) is 0. The number of piperidine rings is 1. The molecule has 2 aliphatic rings. The van der Waals surface area contributed by atoms with Crippen molar-refractivity contribution in [3.63, 3.8) is 0 Å². The van der Waals surface area contributed by atoms with E-state index in [1.165, 1.54) is 6.07 Å². The van der Waals surface area contributed by atoms with Crippen LogP contribution in [0.3, 0.4) is 0 Å². The van der Waals surface area contributed by atoms with Crippen LogP contribution in [0.5, 0.6) is 0 Å². The molecule has 142 valence electrons. The highest BCUT2D eigenvalue weighted by Crippen LogP contribution is 2.37. The van der Waals surface area contributed by atoms with E-state index in [0.29, 0.717) is 29.2 Å². The summed E-state index contributed by atoms with van der Waals surface area (Å²) in [6, 6.07) is 8.22. The van der Waals surface area contributed by atoms with Gasteiger partial charge in [0.25, 0.3) is 5.91 Å². The van der Waals surface area contributed by atoms with Crippen LogP contribution in [0.15, 0.2) is 39.5 Å². The molecule has 4 unspecified atom stereocenters. The fourth-order valence-corrected chi connectivity index (χ4v) is 4.63. The quantitative estimate of drug-likeness (QED) is 0.872. The number of amides is 2. The molecule has 0 bridgehead atoms. The second-order valence-electron chi connectivity index (χ2n) is 7.66. The van der Waals surface area contributed by atoms with Gasteiger partial charge in [-0.15, -0.1) is 0 Å². The van der Waals surface area contributed by atoms with Crippen molar-refractivity contribution in [1.29, 1.82) is 0 Å². The average Bonchev–Trinajstić information content (AvgIpc) is 2.67. The maximum atomic E-state index is 12.6. The van der Waals surface area contributed by atoms with Gasteiger partial charge >= 0.3 is 0 Å². The molecule has 1 aromatic carbocycles. The van der Waals surface area contributed by atoms with Gasteiger partial charge in [0.15, 0.2) is 11.2 Å². The molecule has 1 saturated heterocycles. The Hall–Kier alpha value is -2.63. The Morgan fingerprint density at radius 2 is 2.07 bits per heavy atom. The summed E-state index contributed by atoms with van der Waals surface area (Å²) in [6.07, 6.45) is 4.19. The zero-order chi connectivity index (χ0) is 19.0. The fourth-order valence-electron chi connectivity index (χ4n) is 4.63. The van der Waals surface area contributed by atoms with Crippen LogP contribution in [0, 0.1) is 11.8 Å². The molecule has 2 heterocycles. The largest absolute Gasteiger partial charge is 0.451 e. The summed E-state index contributed by atoms with van der Waals surface area (Å²) < 4.78 is 5.62. The van der Waals surface area contributed by atoms with Crippen LogP contribution >= 0.6 is 0 Å². The number of hydrogen-bond acceptors (Lipinski definition) is 4. The topological polar surface area (TPSA) is 88.4 Å². The van der Waals surface area contributed by atoms with Crippen LogP contribution in [-0.2, 0) is 4.79 Å². The number of carbonyl (C=O) groups is 2. The minimum Gasteiger partial charge on any atom is -0.451 e. The van der Waals surface area contributed by atoms with Crippen molar-refractivity contribution in [3.8, 4) is 0 Å². The Balaban J connectivity index is 1.48. The molecule has 2 aromatic rings. The summed E-state index contributed by atoms with van der Waals surface area (Å²) in [4.78, 5) is 36.8. The highest BCUT2D eigenvalue weighted by molar-refractivity contribution is 5.93. The van der Waals surface area contributed by atoms with Crippen molar-refractivity contribution in [3.05, 3.63) is 46.3 Å². The first-order valence-electron chi connectivity index (χ1n) is 9.68. The lowest BCUT2D eigenvalue weighted by molar-refractivity contribution is -0.127. The van der Waals surface area contributed by atoms with Gasteiger partial charge in [0.1, 0.15) is 5.58 Å². The third kappa shape index (κ3) is 3.48. The van der Waals surface area contributed by atoms with Crippen LogP contribution in [0.2, 0.25) is 0 Å². The molecule has 4 atom stereocenters. The van der Waals surface area contributed by atoms with Gasteiger partial charge < -0.3 is 15.1 Å². The highest BCUT2D eigenvalue weighted by Gasteiger charge is 2.40. The van der Waals surface area contributed by atoms with E-state index >= 15 is 0 Å². The Morgan fingerprint density at radius 3 is 2.89 bits per heavy atom. The number of rotatable bonds is 3. The highest BCUT2D eigenvalue weighted by atomic mass is 16.3. The fraction of sp³-hybridized carbons (Fsp3) is 0.476. The average molecular weight is 368 g/mol. The van der Waals surface area contributed by atoms with Gasteiger partial charge in [-0.05, 0) is 43.2 Å². The SMILES string of the molecule is CCC1CC(=O)NC2CC(NC(=O)c3cc(=O)c4ccccc4o3)CCC12. The Labute approximate surface area is 157 Å². The molecular weight excluding hydrogens is 344 g/mol. The van der Waals surface area contributed by atoms with Crippen molar-refractivity contribution in [1.82, 2.24) is 10.6 Å². The van der Waals surface area contributed by atoms with Crippen molar-refractivity contribution in [2.75, 3.05) is 0 Å². The van der Waals surface area contributed by atoms with Crippen LogP contribution in [0.1, 0.15) is 49.6 Å². The molecule has 2 fully saturated rings. The molecule has 0 spiro atoms. The van der Waals surface area contributed by atoms with E-state index in [2.05, 4.69) is 17.6 Å². The minimum absolute atomic E-state index is 0.0277. The van der Waals surface area contributed by atoms with E-state index in [-0.39, 0.29) is 35.1 Å². The van der Waals surface area contributed by atoms with Gasteiger partial charge in [-0.25, -0.2) is 0 Å². The van der Waals surface area contributed by atoms with Gasteiger partial charge in [-0.1, -0.05) is 25.5 Å². The van der Waals surface area contributed by atoms with Gasteiger partial charge in [-0.2, -0.15) is 0 Å². The normalized spacial score (nSPS) is 27.7. The van der Waals surface area contributed by atoms with Gasteiger partial charge in [-0.3, -0.25) is 14.4 Å². The lowest BCUT2D eigenvalue weighted by atomic mass is 9.70. The monoisotopic (exact) mass is 368 g/mol. The van der Waals surface area contributed by atoms with Crippen molar-refractivity contribution < 1.29 is 14.0 Å². The molecule has 1 saturated carbocycles. The summed E-state index contributed by atoms with van der Waals surface area (Å²) >= 11 is 0. The maximum absolute atomic E-state index is 12.6. The molecular formula is C21H24N2O4. The van der Waals surface area contributed by atoms with E-state index in [1.54, 1.807) is 24.3 Å². The van der Waals surface area contributed by atoms with Crippen molar-refractivity contribution in [2.45, 2.75) is 51.1 Å². The molecule has 4 rings (SSSR count). The first kappa shape index (κ1) is 17.8. The first-order valence-corrected chi connectivity index (χ1v) is 9.68. The molecule has 6 nitrogen and oxygen atoms in total. The number of nitrogens with one attached hydrogen (secondary N) is 2. The molecule has 2 amide bonds. The number of benzene rings is 1. The second kappa shape index (κ2) is 7.18. The lowest BCUT2D eigenvalue weighted by Crippen LogP contribution is -2.55. The summed E-state index contributed by atoms with van der Waals surface area (Å²) in [6.45, 7) is 2.13. The summed E-state index contributed by atoms with van der Waals surface area (Å²) in [5.74, 6) is 0.671. The van der Waals surface area contributed by atoms with E-state index in [0.717, 1.165) is 25.7 Å². The first-order chi connectivity index (χ1) is 13.0. The van der Waals surface area contributed by atoms with Crippen LogP contribution < -0.4 is 16.1 Å². The molecule has 1 aliphatic heterocycles. The van der Waals surface area contributed by atoms with Crippen LogP contribution in [-0.4, -0.2) is 23.9 Å². The van der Waals surface area contributed by atoms with Gasteiger partial charge in [0, 0.05) is 24.6 Å². The maximum Gasteiger partial charge on any atom is 0.287 e. The van der Waals surface area contributed by atoms with E-state index in [4.69, 9.17) is 4.42 Å². The van der Waals surface area contributed by atoms with E-state index < -0.39 is 0 Å². The zero-order valence-electron chi connectivity index (χ0n) is 15.4. The van der Waals surface area contributed by atoms with Gasteiger partial charge in [0.2, 0.25) is 5.91 Å². The van der Waals surface area contributed by atoms with Crippen molar-refractivity contribution >= 4 is 22.8 Å². The Morgan fingerprint density at radius 1 is 1.26 bits per heavy atom. The second-order valence-corrected chi connectivity index (χ2v) is 7.66. The molecule has 0 radical (unpaired) electrons. The summed E-state index contributed by atoms with van der Waals surface area (Å²) in [5, 5.41) is 6.54. The van der Waals surface area contributed by atoms with E-state index in [1.807, 2.05) is 0 Å². The molecule has 6 heteroatoms. The standard InChI is InChI=1S/C21H24N2O4/c1-2-12-9-20(25)23-16-10-13(7-8-14(12)16)22-21(26)19-11-17(24)15-5-3-4-6-18(15)27-19/h3-6,11-14,16H,2,7-10H2,1H3,(H,22,26)(H,23,25). The molecule has 1 aliphatic carbocycles. The Bertz CT molecular complexity index is 935. The predicted octanol–water partition coefficient (Wildman–Crippen LogP) is 2.61. The van der Waals surface area contributed by atoms with Crippen molar-refractivity contribution in [2.24, 2.45) is 11.8 Å². The molecule has 1 aromatic heterocycles. The van der Waals surface area contributed by atoms with E-state index in [9.17, 15) is 14.4 Å². The van der Waals surface area contributed by atoms with Gasteiger partial charge in [0.05, 0.1) is 5.39 Å². The summed E-state index contributed by atoms with van der Waals surface area (Å²) in [5.41, 5.74) is 0.181. The minimum atomic E-state index is -0.379. The smallest absolute Gasteiger partial charge is 0.287 e.